The Hall–Kier alpha value is -1.80. The van der Waals surface area contributed by atoms with E-state index >= 15 is 0 Å². The van der Waals surface area contributed by atoms with E-state index < -0.39 is 24.1 Å². The Bertz CT molecular complexity index is 452. The zero-order valence-electron chi connectivity index (χ0n) is 10.6. The number of hydrogen-bond donors (Lipinski definition) is 3. The van der Waals surface area contributed by atoms with E-state index in [9.17, 15) is 18.0 Å². The van der Waals surface area contributed by atoms with Crippen molar-refractivity contribution in [1.82, 2.24) is 0 Å². The van der Waals surface area contributed by atoms with Crippen LogP contribution in [0.5, 0.6) is 5.75 Å². The average Bonchev–Trinajstić information content (AvgIpc) is 2.34. The number of nitrogens with two attached hydrogens (primary N) is 2. The molecule has 1 aromatic rings. The van der Waals surface area contributed by atoms with Gasteiger partial charge in [0.05, 0.1) is 6.04 Å². The summed E-state index contributed by atoms with van der Waals surface area (Å²) in [6, 6.07) is 4.22. The molecule has 0 heterocycles. The second-order valence-corrected chi connectivity index (χ2v) is 4.10. The van der Waals surface area contributed by atoms with Crippen LogP contribution in [-0.2, 0) is 4.79 Å². The molecular weight excluding hydrogens is 275 g/mol. The fourth-order valence-corrected chi connectivity index (χ4v) is 1.47. The number of anilines is 1. The summed E-state index contributed by atoms with van der Waals surface area (Å²) in [4.78, 5) is 11.7. The maximum atomic E-state index is 12.1. The van der Waals surface area contributed by atoms with Gasteiger partial charge in [-0.25, -0.2) is 0 Å². The van der Waals surface area contributed by atoms with Gasteiger partial charge in [-0.1, -0.05) is 6.07 Å². The highest BCUT2D eigenvalue weighted by Gasteiger charge is 2.31. The minimum atomic E-state index is -4.78. The summed E-state index contributed by atoms with van der Waals surface area (Å²) < 4.78 is 39.9. The van der Waals surface area contributed by atoms with E-state index in [1.165, 1.54) is 12.1 Å². The molecule has 0 aliphatic carbocycles. The van der Waals surface area contributed by atoms with Gasteiger partial charge in [0.2, 0.25) is 5.91 Å². The van der Waals surface area contributed by atoms with Crippen LogP contribution in [0.25, 0.3) is 0 Å². The van der Waals surface area contributed by atoms with Crippen molar-refractivity contribution in [1.29, 1.82) is 0 Å². The lowest BCUT2D eigenvalue weighted by atomic mass is 10.1. The smallest absolute Gasteiger partial charge is 0.406 e. The minimum absolute atomic E-state index is 0.181. The number of nitrogens with one attached hydrogen (secondary N) is 1. The van der Waals surface area contributed by atoms with Crippen molar-refractivity contribution in [3.05, 3.63) is 24.3 Å². The second kappa shape index (κ2) is 7.11. The number of carbonyl (C=O) groups excluding carboxylic acids is 1. The largest absolute Gasteiger partial charge is 0.573 e. The van der Waals surface area contributed by atoms with E-state index in [1.54, 1.807) is 0 Å². The van der Waals surface area contributed by atoms with Gasteiger partial charge in [-0.3, -0.25) is 4.79 Å². The van der Waals surface area contributed by atoms with Crippen molar-refractivity contribution in [3.63, 3.8) is 0 Å². The summed E-state index contributed by atoms with van der Waals surface area (Å²) in [6.07, 6.45) is -3.78. The van der Waals surface area contributed by atoms with Crippen molar-refractivity contribution in [2.24, 2.45) is 11.5 Å². The summed E-state index contributed by atoms with van der Waals surface area (Å²) in [6.45, 7) is 0.413. The molecule has 1 rings (SSSR count). The first kappa shape index (κ1) is 16.3. The van der Waals surface area contributed by atoms with Crippen molar-refractivity contribution in [2.75, 3.05) is 11.9 Å². The van der Waals surface area contributed by atoms with Crippen LogP contribution in [0.1, 0.15) is 12.8 Å². The molecule has 1 atom stereocenters. The first-order valence-electron chi connectivity index (χ1n) is 5.94. The van der Waals surface area contributed by atoms with Gasteiger partial charge in [-0.2, -0.15) is 0 Å². The summed E-state index contributed by atoms with van der Waals surface area (Å²) in [5, 5.41) is 2.42. The Morgan fingerprint density at radius 3 is 2.70 bits per heavy atom. The molecule has 0 aromatic heterocycles. The van der Waals surface area contributed by atoms with E-state index in [1.807, 2.05) is 0 Å². The van der Waals surface area contributed by atoms with E-state index in [-0.39, 0.29) is 5.69 Å². The maximum absolute atomic E-state index is 12.1. The van der Waals surface area contributed by atoms with Crippen LogP contribution in [0.15, 0.2) is 24.3 Å². The highest BCUT2D eigenvalue weighted by molar-refractivity contribution is 5.94. The first-order valence-corrected chi connectivity index (χ1v) is 5.94. The van der Waals surface area contributed by atoms with Crippen molar-refractivity contribution in [2.45, 2.75) is 25.2 Å². The average molecular weight is 291 g/mol. The number of rotatable bonds is 6. The SMILES string of the molecule is NCCC[C@@H](N)C(=O)Nc1cccc(OC(F)(F)F)c1. The molecule has 0 radical (unpaired) electrons. The van der Waals surface area contributed by atoms with E-state index in [0.717, 1.165) is 12.1 Å². The van der Waals surface area contributed by atoms with Gasteiger partial charge in [-0.15, -0.1) is 13.2 Å². The normalized spacial score (nSPS) is 12.8. The van der Waals surface area contributed by atoms with Crippen LogP contribution < -0.4 is 21.5 Å². The Kier molecular flexibility index (Phi) is 5.78. The van der Waals surface area contributed by atoms with Crippen LogP contribution in [0.2, 0.25) is 0 Å². The molecule has 1 aromatic carbocycles. The third-order valence-electron chi connectivity index (χ3n) is 2.39. The zero-order chi connectivity index (χ0) is 15.2. The molecule has 8 heteroatoms. The Morgan fingerprint density at radius 2 is 2.10 bits per heavy atom. The van der Waals surface area contributed by atoms with Crippen LogP contribution in [0.3, 0.4) is 0 Å². The third-order valence-corrected chi connectivity index (χ3v) is 2.39. The van der Waals surface area contributed by atoms with Crippen molar-refractivity contribution < 1.29 is 22.7 Å². The Morgan fingerprint density at radius 1 is 1.40 bits per heavy atom. The lowest BCUT2D eigenvalue weighted by Gasteiger charge is -2.13. The second-order valence-electron chi connectivity index (χ2n) is 4.10. The fraction of sp³-hybridized carbons (Fsp3) is 0.417. The van der Waals surface area contributed by atoms with Crippen molar-refractivity contribution >= 4 is 11.6 Å². The molecule has 0 saturated heterocycles. The van der Waals surface area contributed by atoms with Gasteiger partial charge in [0.1, 0.15) is 5.75 Å². The number of benzene rings is 1. The molecule has 1 amide bonds. The highest BCUT2D eigenvalue weighted by Crippen LogP contribution is 2.25. The third kappa shape index (κ3) is 5.89. The highest BCUT2D eigenvalue weighted by atomic mass is 19.4. The molecule has 0 bridgehead atoms. The van der Waals surface area contributed by atoms with Gasteiger partial charge in [0, 0.05) is 11.8 Å². The summed E-state index contributed by atoms with van der Waals surface area (Å²) in [5.74, 6) is -0.895. The number of alkyl halides is 3. The number of carbonyl (C=O) groups is 1. The number of ether oxygens (including phenoxy) is 1. The maximum Gasteiger partial charge on any atom is 0.573 e. The molecule has 0 aliphatic heterocycles. The van der Waals surface area contributed by atoms with Gasteiger partial charge in [0.25, 0.3) is 0 Å². The zero-order valence-corrected chi connectivity index (χ0v) is 10.6. The van der Waals surface area contributed by atoms with E-state index in [0.29, 0.717) is 19.4 Å². The Labute approximate surface area is 114 Å². The van der Waals surface area contributed by atoms with Crippen LogP contribution in [0, 0.1) is 0 Å². The molecule has 0 fully saturated rings. The lowest BCUT2D eigenvalue weighted by molar-refractivity contribution is -0.274. The quantitative estimate of drug-likeness (QED) is 0.742. The predicted molar refractivity (Wildman–Crippen MR) is 68.0 cm³/mol. The van der Waals surface area contributed by atoms with Crippen LogP contribution in [0.4, 0.5) is 18.9 Å². The Balaban J connectivity index is 2.64. The standard InChI is InChI=1S/C12H16F3N3O2/c13-12(14,15)20-9-4-1-3-8(7-9)18-11(19)10(17)5-2-6-16/h1,3-4,7,10H,2,5-6,16-17H2,(H,18,19)/t10-/m1/s1. The molecule has 0 spiro atoms. The molecule has 0 saturated carbocycles. The number of amides is 1. The lowest BCUT2D eigenvalue weighted by Crippen LogP contribution is -2.36. The van der Waals surface area contributed by atoms with Crippen molar-refractivity contribution in [3.8, 4) is 5.75 Å². The summed E-state index contributed by atoms with van der Waals surface area (Å²) in [7, 11) is 0. The van der Waals surface area contributed by atoms with Gasteiger partial charge in [-0.05, 0) is 31.5 Å². The number of halogens is 3. The molecule has 0 aliphatic rings. The minimum Gasteiger partial charge on any atom is -0.406 e. The molecule has 20 heavy (non-hydrogen) atoms. The van der Waals surface area contributed by atoms with E-state index in [4.69, 9.17) is 11.5 Å². The molecule has 5 N–H and O–H groups in total. The van der Waals surface area contributed by atoms with E-state index in [2.05, 4.69) is 10.1 Å². The number of hydrogen-bond acceptors (Lipinski definition) is 4. The molecule has 5 nitrogen and oxygen atoms in total. The van der Waals surface area contributed by atoms with Gasteiger partial charge >= 0.3 is 6.36 Å². The summed E-state index contributed by atoms with van der Waals surface area (Å²) in [5.41, 5.74) is 11.1. The van der Waals surface area contributed by atoms with Crippen LogP contribution in [-0.4, -0.2) is 24.9 Å². The first-order chi connectivity index (χ1) is 9.31. The predicted octanol–water partition coefficient (Wildman–Crippen LogP) is 1.59. The molecule has 112 valence electrons. The fourth-order valence-electron chi connectivity index (χ4n) is 1.47. The molecule has 0 unspecified atom stereocenters. The van der Waals surface area contributed by atoms with Gasteiger partial charge < -0.3 is 21.5 Å². The summed E-state index contributed by atoms with van der Waals surface area (Å²) >= 11 is 0. The van der Waals surface area contributed by atoms with Gasteiger partial charge in [0.15, 0.2) is 0 Å². The monoisotopic (exact) mass is 291 g/mol. The topological polar surface area (TPSA) is 90.4 Å². The van der Waals surface area contributed by atoms with Crippen LogP contribution >= 0.6 is 0 Å². The molecular formula is C12H16F3N3O2.